The first-order valence-corrected chi connectivity index (χ1v) is 2.96. The maximum atomic E-state index is 4.05. The van der Waals surface area contributed by atoms with Gasteiger partial charge in [0, 0.05) is 11.9 Å². The van der Waals surface area contributed by atoms with Crippen molar-refractivity contribution in [3.8, 4) is 0 Å². The van der Waals surface area contributed by atoms with Crippen LogP contribution >= 0.6 is 0 Å². The zero-order valence-electron chi connectivity index (χ0n) is 5.81. The van der Waals surface area contributed by atoms with Gasteiger partial charge in [-0.25, -0.2) is 0 Å². The van der Waals surface area contributed by atoms with Gasteiger partial charge in [-0.2, -0.15) is 0 Å². The fraction of sp³-hybridized carbons (Fsp3) is 0.571. The van der Waals surface area contributed by atoms with Crippen molar-refractivity contribution in [2.24, 2.45) is 4.99 Å². The van der Waals surface area contributed by atoms with E-state index in [1.807, 2.05) is 20.1 Å². The third-order valence-corrected chi connectivity index (χ3v) is 0.832. The lowest BCUT2D eigenvalue weighted by Gasteiger charge is -1.85. The molecule has 0 aromatic rings. The van der Waals surface area contributed by atoms with Crippen molar-refractivity contribution < 1.29 is 0 Å². The zero-order chi connectivity index (χ0) is 6.41. The molecule has 0 unspecified atom stereocenters. The van der Waals surface area contributed by atoms with E-state index in [0.717, 1.165) is 12.1 Å². The molecular weight excluding hydrogens is 98.1 g/mol. The van der Waals surface area contributed by atoms with Gasteiger partial charge in [0.2, 0.25) is 0 Å². The summed E-state index contributed by atoms with van der Waals surface area (Å²) >= 11 is 0. The SMILES string of the molecule is CC=N/C(C)=C\CC. The molecule has 0 bridgehead atoms. The van der Waals surface area contributed by atoms with E-state index in [1.165, 1.54) is 0 Å². The lowest BCUT2D eigenvalue weighted by molar-refractivity contribution is 1.16. The molecule has 8 heavy (non-hydrogen) atoms. The zero-order valence-corrected chi connectivity index (χ0v) is 5.81. The quantitative estimate of drug-likeness (QED) is 0.485. The summed E-state index contributed by atoms with van der Waals surface area (Å²) in [4.78, 5) is 4.05. The summed E-state index contributed by atoms with van der Waals surface area (Å²) in [6.07, 6.45) is 4.98. The minimum Gasteiger partial charge on any atom is -0.267 e. The molecule has 0 N–H and O–H groups in total. The van der Waals surface area contributed by atoms with Crippen molar-refractivity contribution in [2.45, 2.75) is 27.2 Å². The lowest BCUT2D eigenvalue weighted by Crippen LogP contribution is -1.67. The van der Waals surface area contributed by atoms with Gasteiger partial charge in [-0.15, -0.1) is 0 Å². The van der Waals surface area contributed by atoms with Crippen molar-refractivity contribution in [3.05, 3.63) is 11.8 Å². The summed E-state index contributed by atoms with van der Waals surface area (Å²) < 4.78 is 0. The van der Waals surface area contributed by atoms with E-state index in [9.17, 15) is 0 Å². The topological polar surface area (TPSA) is 12.4 Å². The van der Waals surface area contributed by atoms with Crippen LogP contribution in [0.15, 0.2) is 16.8 Å². The predicted octanol–water partition coefficient (Wildman–Crippen LogP) is 2.39. The van der Waals surface area contributed by atoms with Crippen LogP contribution in [0.25, 0.3) is 0 Å². The van der Waals surface area contributed by atoms with Gasteiger partial charge in [-0.05, 0) is 20.3 Å². The molecule has 0 aliphatic carbocycles. The maximum absolute atomic E-state index is 4.05. The molecule has 0 aromatic carbocycles. The molecule has 0 aliphatic rings. The van der Waals surface area contributed by atoms with E-state index in [2.05, 4.69) is 18.0 Å². The average Bonchev–Trinajstić information content (AvgIpc) is 1.68. The molecule has 0 saturated heterocycles. The highest BCUT2D eigenvalue weighted by Crippen LogP contribution is 1.93. The fourth-order valence-electron chi connectivity index (χ4n) is 0.552. The van der Waals surface area contributed by atoms with Crippen molar-refractivity contribution in [1.29, 1.82) is 0 Å². The number of nitrogens with zero attached hydrogens (tertiary/aromatic N) is 1. The Labute approximate surface area is 51.1 Å². The Morgan fingerprint density at radius 1 is 1.62 bits per heavy atom. The van der Waals surface area contributed by atoms with Gasteiger partial charge < -0.3 is 0 Å². The summed E-state index contributed by atoms with van der Waals surface area (Å²) in [6, 6.07) is 0. The van der Waals surface area contributed by atoms with Gasteiger partial charge in [0.05, 0.1) is 0 Å². The summed E-state index contributed by atoms with van der Waals surface area (Å²) in [5, 5.41) is 0. The number of rotatable bonds is 2. The summed E-state index contributed by atoms with van der Waals surface area (Å²) in [7, 11) is 0. The van der Waals surface area contributed by atoms with Crippen LogP contribution in [0.1, 0.15) is 27.2 Å². The summed E-state index contributed by atoms with van der Waals surface area (Å²) in [6.45, 7) is 6.03. The number of aliphatic imine (C=N–C) groups is 1. The van der Waals surface area contributed by atoms with E-state index in [-0.39, 0.29) is 0 Å². The Balaban J connectivity index is 3.61. The summed E-state index contributed by atoms with van der Waals surface area (Å²) in [5.41, 5.74) is 1.11. The Kier molecular flexibility index (Phi) is 4.23. The monoisotopic (exact) mass is 111 g/mol. The second-order valence-electron chi connectivity index (χ2n) is 1.64. The van der Waals surface area contributed by atoms with Crippen molar-refractivity contribution in [3.63, 3.8) is 0 Å². The van der Waals surface area contributed by atoms with E-state index < -0.39 is 0 Å². The highest BCUT2D eigenvalue weighted by atomic mass is 14.7. The largest absolute Gasteiger partial charge is 0.267 e. The molecule has 46 valence electrons. The van der Waals surface area contributed by atoms with Crippen molar-refractivity contribution in [2.75, 3.05) is 0 Å². The Hall–Kier alpha value is -0.590. The van der Waals surface area contributed by atoms with Crippen LogP contribution in [0, 0.1) is 0 Å². The number of allylic oxidation sites excluding steroid dienone is 2. The first kappa shape index (κ1) is 7.41. The highest BCUT2D eigenvalue weighted by Gasteiger charge is 1.74. The standard InChI is InChI=1S/C7H13N/c1-4-6-7(3)8-5-2/h5-6H,4H2,1-3H3/b7-6-,8-5?. The van der Waals surface area contributed by atoms with Gasteiger partial charge in [0.15, 0.2) is 0 Å². The van der Waals surface area contributed by atoms with Crippen molar-refractivity contribution in [1.82, 2.24) is 0 Å². The Morgan fingerprint density at radius 3 is 2.62 bits per heavy atom. The molecule has 0 radical (unpaired) electrons. The molecule has 0 atom stereocenters. The highest BCUT2D eigenvalue weighted by molar-refractivity contribution is 5.55. The van der Waals surface area contributed by atoms with Gasteiger partial charge in [0.1, 0.15) is 0 Å². The van der Waals surface area contributed by atoms with E-state index >= 15 is 0 Å². The van der Waals surface area contributed by atoms with Crippen LogP contribution in [0.3, 0.4) is 0 Å². The Morgan fingerprint density at radius 2 is 2.25 bits per heavy atom. The molecule has 0 heterocycles. The second kappa shape index (κ2) is 4.57. The van der Waals surface area contributed by atoms with Crippen LogP contribution in [0.2, 0.25) is 0 Å². The van der Waals surface area contributed by atoms with Gasteiger partial charge >= 0.3 is 0 Å². The van der Waals surface area contributed by atoms with E-state index in [4.69, 9.17) is 0 Å². The minimum absolute atomic E-state index is 1.07. The molecule has 0 aromatic heterocycles. The third-order valence-electron chi connectivity index (χ3n) is 0.832. The maximum Gasteiger partial charge on any atom is 0.0328 e. The predicted molar refractivity (Wildman–Crippen MR) is 38.2 cm³/mol. The van der Waals surface area contributed by atoms with Crippen LogP contribution in [-0.2, 0) is 0 Å². The van der Waals surface area contributed by atoms with Crippen LogP contribution in [-0.4, -0.2) is 6.21 Å². The van der Waals surface area contributed by atoms with Crippen LogP contribution in [0.5, 0.6) is 0 Å². The minimum atomic E-state index is 1.07. The first-order chi connectivity index (χ1) is 3.81. The van der Waals surface area contributed by atoms with Gasteiger partial charge in [0.25, 0.3) is 0 Å². The molecule has 0 spiro atoms. The van der Waals surface area contributed by atoms with Crippen molar-refractivity contribution >= 4 is 6.21 Å². The smallest absolute Gasteiger partial charge is 0.0328 e. The number of hydrogen-bond donors (Lipinski definition) is 0. The fourth-order valence-corrected chi connectivity index (χ4v) is 0.552. The van der Waals surface area contributed by atoms with E-state index in [0.29, 0.717) is 0 Å². The number of hydrogen-bond acceptors (Lipinski definition) is 1. The van der Waals surface area contributed by atoms with Crippen LogP contribution < -0.4 is 0 Å². The molecule has 0 saturated carbocycles. The molecule has 0 fully saturated rings. The second-order valence-corrected chi connectivity index (χ2v) is 1.64. The average molecular weight is 111 g/mol. The molecular formula is C7H13N. The van der Waals surface area contributed by atoms with Crippen LogP contribution in [0.4, 0.5) is 0 Å². The first-order valence-electron chi connectivity index (χ1n) is 2.96. The van der Waals surface area contributed by atoms with E-state index in [1.54, 1.807) is 0 Å². The van der Waals surface area contributed by atoms with Gasteiger partial charge in [-0.3, -0.25) is 4.99 Å². The molecule has 0 aliphatic heterocycles. The molecule has 0 amide bonds. The molecule has 0 rings (SSSR count). The molecule has 1 heteroatoms. The third kappa shape index (κ3) is 3.59. The van der Waals surface area contributed by atoms with Gasteiger partial charge in [-0.1, -0.05) is 13.0 Å². The Bertz CT molecular complexity index is 101. The normalized spacial score (nSPS) is 13.1. The summed E-state index contributed by atoms with van der Waals surface area (Å²) in [5.74, 6) is 0. The lowest BCUT2D eigenvalue weighted by atomic mass is 10.4. The molecule has 1 nitrogen and oxygen atoms in total.